The molecule has 7 nitrogen and oxygen atoms in total. The van der Waals surface area contributed by atoms with Crippen LogP contribution in [-0.2, 0) is 26.2 Å². The number of carbonyl (C=O) groups excluding carboxylic acids is 2. The van der Waals surface area contributed by atoms with Crippen LogP contribution in [0.5, 0.6) is 0 Å². The van der Waals surface area contributed by atoms with Gasteiger partial charge < -0.3 is 10.2 Å². The molecule has 0 aliphatic heterocycles. The van der Waals surface area contributed by atoms with Gasteiger partial charge in [0.2, 0.25) is 21.8 Å². The number of rotatable bonds is 9. The van der Waals surface area contributed by atoms with E-state index in [1.165, 1.54) is 17.0 Å². The Kier molecular flexibility index (Phi) is 9.11. The lowest BCUT2D eigenvalue weighted by Crippen LogP contribution is -2.53. The minimum absolute atomic E-state index is 0.0445. The van der Waals surface area contributed by atoms with E-state index in [4.69, 9.17) is 0 Å². The van der Waals surface area contributed by atoms with Crippen LogP contribution in [0.25, 0.3) is 0 Å². The highest BCUT2D eigenvalue weighted by Crippen LogP contribution is 2.24. The molecular weight excluding hydrogens is 481 g/mol. The second-order valence-corrected chi connectivity index (χ2v) is 11.6. The van der Waals surface area contributed by atoms with Gasteiger partial charge in [0, 0.05) is 12.6 Å². The molecule has 36 heavy (non-hydrogen) atoms. The molecule has 0 bridgehead atoms. The van der Waals surface area contributed by atoms with Gasteiger partial charge in [0.1, 0.15) is 18.4 Å². The Morgan fingerprint density at radius 3 is 2.28 bits per heavy atom. The molecular formula is C27H36FN3O4S. The maximum absolute atomic E-state index is 13.6. The summed E-state index contributed by atoms with van der Waals surface area (Å²) in [6.07, 6.45) is 6.12. The number of sulfonamides is 1. The van der Waals surface area contributed by atoms with Crippen molar-refractivity contribution in [3.8, 4) is 0 Å². The summed E-state index contributed by atoms with van der Waals surface area (Å²) in [5, 5.41) is 3.05. The van der Waals surface area contributed by atoms with E-state index in [1.807, 2.05) is 13.0 Å². The summed E-state index contributed by atoms with van der Waals surface area (Å²) in [7, 11) is -3.79. The van der Waals surface area contributed by atoms with E-state index in [-0.39, 0.29) is 18.5 Å². The van der Waals surface area contributed by atoms with Crippen LogP contribution in [0.3, 0.4) is 0 Å². The van der Waals surface area contributed by atoms with Crippen LogP contribution in [0, 0.1) is 19.7 Å². The molecule has 1 aliphatic carbocycles. The van der Waals surface area contributed by atoms with Gasteiger partial charge in [0.05, 0.1) is 11.9 Å². The van der Waals surface area contributed by atoms with E-state index < -0.39 is 34.3 Å². The molecule has 0 aromatic heterocycles. The normalized spacial score (nSPS) is 15.2. The highest BCUT2D eigenvalue weighted by molar-refractivity contribution is 7.92. The molecule has 9 heteroatoms. The van der Waals surface area contributed by atoms with Crippen LogP contribution in [-0.4, -0.2) is 50.0 Å². The average molecular weight is 518 g/mol. The topological polar surface area (TPSA) is 86.8 Å². The van der Waals surface area contributed by atoms with Gasteiger partial charge in [-0.05, 0) is 62.9 Å². The van der Waals surface area contributed by atoms with Crippen LogP contribution >= 0.6 is 0 Å². The fourth-order valence-electron chi connectivity index (χ4n) is 4.62. The summed E-state index contributed by atoms with van der Waals surface area (Å²) < 4.78 is 40.0. The van der Waals surface area contributed by atoms with Crippen LogP contribution in [0.4, 0.5) is 10.1 Å². The van der Waals surface area contributed by atoms with E-state index in [9.17, 15) is 22.4 Å². The number of hydrogen-bond donors (Lipinski definition) is 1. The van der Waals surface area contributed by atoms with Gasteiger partial charge >= 0.3 is 0 Å². The number of amides is 2. The minimum Gasteiger partial charge on any atom is -0.352 e. The molecule has 0 spiro atoms. The number of nitrogens with one attached hydrogen (secondary N) is 1. The van der Waals surface area contributed by atoms with Crippen LogP contribution in [0.2, 0.25) is 0 Å². The number of aryl methyl sites for hydroxylation is 2. The van der Waals surface area contributed by atoms with Gasteiger partial charge in [0.25, 0.3) is 0 Å². The lowest BCUT2D eigenvalue weighted by Gasteiger charge is -2.33. The van der Waals surface area contributed by atoms with Crippen molar-refractivity contribution in [1.29, 1.82) is 0 Å². The molecule has 1 aliphatic rings. The van der Waals surface area contributed by atoms with Gasteiger partial charge in [-0.25, -0.2) is 12.8 Å². The molecule has 0 saturated heterocycles. The van der Waals surface area contributed by atoms with Crippen molar-refractivity contribution in [1.82, 2.24) is 10.2 Å². The Hall–Kier alpha value is -2.94. The molecule has 1 fully saturated rings. The van der Waals surface area contributed by atoms with Gasteiger partial charge in [-0.2, -0.15) is 0 Å². The molecule has 1 saturated carbocycles. The molecule has 0 unspecified atom stereocenters. The zero-order valence-electron chi connectivity index (χ0n) is 21.5. The molecule has 3 rings (SSSR count). The first-order valence-electron chi connectivity index (χ1n) is 12.3. The number of halogens is 1. The first-order valence-corrected chi connectivity index (χ1v) is 14.2. The maximum atomic E-state index is 13.6. The van der Waals surface area contributed by atoms with Crippen molar-refractivity contribution >= 4 is 27.5 Å². The van der Waals surface area contributed by atoms with E-state index >= 15 is 0 Å². The lowest BCUT2D eigenvalue weighted by atomic mass is 9.95. The zero-order valence-corrected chi connectivity index (χ0v) is 22.3. The Balaban J connectivity index is 1.88. The fourth-order valence-corrected chi connectivity index (χ4v) is 5.52. The lowest BCUT2D eigenvalue weighted by molar-refractivity contribution is -0.139. The molecule has 2 amide bonds. The Labute approximate surface area is 213 Å². The Bertz CT molecular complexity index is 1180. The van der Waals surface area contributed by atoms with Gasteiger partial charge in [0.15, 0.2) is 0 Å². The molecule has 0 radical (unpaired) electrons. The smallest absolute Gasteiger partial charge is 0.244 e. The second-order valence-electron chi connectivity index (χ2n) is 9.73. The number of hydrogen-bond acceptors (Lipinski definition) is 4. The highest BCUT2D eigenvalue weighted by atomic mass is 32.2. The first-order chi connectivity index (χ1) is 17.0. The quantitative estimate of drug-likeness (QED) is 0.543. The standard InChI is InChI=1S/C27H36FN3O4S/c1-19-10-15-25(20(2)16-19)31(36(4,34)35)18-26(32)30(17-22-11-13-23(28)14-12-22)21(3)27(33)29-24-8-6-5-7-9-24/h10-16,21,24H,5-9,17-18H2,1-4H3,(H,29,33)/t21-/m0/s1. The first kappa shape index (κ1) is 27.6. The number of anilines is 1. The molecule has 2 aromatic carbocycles. The van der Waals surface area contributed by atoms with Crippen LogP contribution < -0.4 is 9.62 Å². The number of carbonyl (C=O) groups is 2. The second kappa shape index (κ2) is 11.9. The number of benzene rings is 2. The molecule has 2 aromatic rings. The Morgan fingerprint density at radius 1 is 1.06 bits per heavy atom. The van der Waals surface area contributed by atoms with Crippen LogP contribution in [0.1, 0.15) is 55.7 Å². The molecule has 1 atom stereocenters. The Morgan fingerprint density at radius 2 is 1.69 bits per heavy atom. The predicted molar refractivity (Wildman–Crippen MR) is 140 cm³/mol. The van der Waals surface area contributed by atoms with Gasteiger partial charge in [-0.3, -0.25) is 13.9 Å². The van der Waals surface area contributed by atoms with Crippen molar-refractivity contribution in [3.05, 3.63) is 65.0 Å². The summed E-state index contributed by atoms with van der Waals surface area (Å²) in [5.41, 5.74) is 2.75. The van der Waals surface area contributed by atoms with Crippen LogP contribution in [0.15, 0.2) is 42.5 Å². The minimum atomic E-state index is -3.79. The van der Waals surface area contributed by atoms with E-state index in [2.05, 4.69) is 5.32 Å². The third-order valence-electron chi connectivity index (χ3n) is 6.69. The number of nitrogens with zero attached hydrogens (tertiary/aromatic N) is 2. The van der Waals surface area contributed by atoms with Crippen molar-refractivity contribution in [3.63, 3.8) is 0 Å². The SMILES string of the molecule is Cc1ccc(N(CC(=O)N(Cc2ccc(F)cc2)[C@@H](C)C(=O)NC2CCCCC2)S(C)(=O)=O)c(C)c1. The summed E-state index contributed by atoms with van der Waals surface area (Å²) in [5.74, 6) is -1.20. The van der Waals surface area contributed by atoms with E-state index in [1.54, 1.807) is 38.1 Å². The summed E-state index contributed by atoms with van der Waals surface area (Å²) in [4.78, 5) is 28.1. The largest absolute Gasteiger partial charge is 0.352 e. The van der Waals surface area contributed by atoms with Gasteiger partial charge in [-0.15, -0.1) is 0 Å². The van der Waals surface area contributed by atoms with Crippen molar-refractivity contribution < 1.29 is 22.4 Å². The van der Waals surface area contributed by atoms with E-state index in [0.717, 1.165) is 53.8 Å². The van der Waals surface area contributed by atoms with Gasteiger partial charge in [-0.1, -0.05) is 49.1 Å². The third kappa shape index (κ3) is 7.29. The fraction of sp³-hybridized carbons (Fsp3) is 0.481. The predicted octanol–water partition coefficient (Wildman–Crippen LogP) is 4.07. The third-order valence-corrected chi connectivity index (χ3v) is 7.81. The van der Waals surface area contributed by atoms with E-state index in [0.29, 0.717) is 11.3 Å². The summed E-state index contributed by atoms with van der Waals surface area (Å²) in [6, 6.07) is 10.3. The molecule has 1 N–H and O–H groups in total. The average Bonchev–Trinajstić information content (AvgIpc) is 2.82. The summed E-state index contributed by atoms with van der Waals surface area (Å²) in [6.45, 7) is 4.93. The van der Waals surface area contributed by atoms with Crippen molar-refractivity contribution in [2.75, 3.05) is 17.1 Å². The highest BCUT2D eigenvalue weighted by Gasteiger charge is 2.31. The molecule has 0 heterocycles. The zero-order chi connectivity index (χ0) is 26.5. The summed E-state index contributed by atoms with van der Waals surface area (Å²) >= 11 is 0. The van der Waals surface area contributed by atoms with Crippen molar-refractivity contribution in [2.45, 2.75) is 71.5 Å². The monoisotopic (exact) mass is 517 g/mol. The molecule has 196 valence electrons. The maximum Gasteiger partial charge on any atom is 0.244 e. The van der Waals surface area contributed by atoms with Crippen molar-refractivity contribution in [2.24, 2.45) is 0 Å².